The van der Waals surface area contributed by atoms with Crippen molar-refractivity contribution in [3.8, 4) is 0 Å². The minimum atomic E-state index is 0. The molecule has 0 unspecified atom stereocenters. The summed E-state index contributed by atoms with van der Waals surface area (Å²) in [5.74, 6) is 0.464. The minimum Gasteiger partial charge on any atom is -0.300 e. The molecule has 1 aliphatic rings. The highest BCUT2D eigenvalue weighted by Crippen LogP contribution is 2.12. The molecule has 0 bridgehead atoms. The third kappa shape index (κ3) is 2.67. The summed E-state index contributed by atoms with van der Waals surface area (Å²) >= 11 is 0. The van der Waals surface area contributed by atoms with Crippen molar-refractivity contribution in [2.75, 3.05) is 0 Å². The van der Waals surface area contributed by atoms with E-state index in [4.69, 9.17) is 0 Å². The van der Waals surface area contributed by atoms with E-state index in [0.717, 1.165) is 25.7 Å². The number of hydrogen-bond donors (Lipinski definition) is 0. The first-order valence-corrected chi connectivity index (χ1v) is 2.91. The standard InChI is InChI=1S/C6H10O.Mg/c7-6-4-2-1-3-5-6;/h1-5H2;. The Morgan fingerprint density at radius 2 is 1.50 bits per heavy atom. The van der Waals surface area contributed by atoms with E-state index < -0.39 is 0 Å². The molecule has 0 heterocycles. The summed E-state index contributed by atoms with van der Waals surface area (Å²) in [6.07, 6.45) is 5.24. The topological polar surface area (TPSA) is 17.1 Å². The van der Waals surface area contributed by atoms with E-state index in [1.54, 1.807) is 0 Å². The van der Waals surface area contributed by atoms with E-state index in [-0.39, 0.29) is 23.1 Å². The molecule has 0 aromatic heterocycles. The average molecular weight is 122 g/mol. The van der Waals surface area contributed by atoms with Crippen LogP contribution in [0.25, 0.3) is 0 Å². The van der Waals surface area contributed by atoms with Crippen LogP contribution in [0, 0.1) is 0 Å². The molecule has 1 aliphatic carbocycles. The van der Waals surface area contributed by atoms with Crippen LogP contribution >= 0.6 is 0 Å². The first-order valence-electron chi connectivity index (χ1n) is 2.91. The lowest BCUT2D eigenvalue weighted by atomic mass is 10.00. The third-order valence-electron chi connectivity index (χ3n) is 1.41. The molecule has 1 rings (SSSR count). The molecule has 0 aliphatic heterocycles. The van der Waals surface area contributed by atoms with Crippen LogP contribution in [0.5, 0.6) is 0 Å². The van der Waals surface area contributed by atoms with Gasteiger partial charge in [-0.25, -0.2) is 0 Å². The highest BCUT2D eigenvalue weighted by atomic mass is 24.3. The zero-order valence-electron chi connectivity index (χ0n) is 5.15. The monoisotopic (exact) mass is 122 g/mol. The van der Waals surface area contributed by atoms with Gasteiger partial charge in [0, 0.05) is 35.9 Å². The lowest BCUT2D eigenvalue weighted by Gasteiger charge is -2.05. The van der Waals surface area contributed by atoms with Crippen LogP contribution in [-0.2, 0) is 4.79 Å². The summed E-state index contributed by atoms with van der Waals surface area (Å²) in [5, 5.41) is 0. The predicted octanol–water partition coefficient (Wildman–Crippen LogP) is 1.14. The van der Waals surface area contributed by atoms with Gasteiger partial charge in [-0.15, -0.1) is 0 Å². The molecule has 0 aromatic rings. The molecular weight excluding hydrogens is 112 g/mol. The highest BCUT2D eigenvalue weighted by molar-refractivity contribution is 5.78. The van der Waals surface area contributed by atoms with Crippen LogP contribution in [-0.4, -0.2) is 28.8 Å². The number of ketones is 1. The van der Waals surface area contributed by atoms with Crippen molar-refractivity contribution < 1.29 is 4.79 Å². The maximum absolute atomic E-state index is 10.5. The Morgan fingerprint density at radius 1 is 1.00 bits per heavy atom. The largest absolute Gasteiger partial charge is 0.300 e. The maximum Gasteiger partial charge on any atom is 0.132 e. The summed E-state index contributed by atoms with van der Waals surface area (Å²) in [4.78, 5) is 10.5. The van der Waals surface area contributed by atoms with Gasteiger partial charge in [0.2, 0.25) is 0 Å². The number of Topliss-reactive ketones (excluding diaryl/α,β-unsaturated/α-hetero) is 1. The van der Waals surface area contributed by atoms with E-state index >= 15 is 0 Å². The molecular formula is C6H10MgO. The first-order chi connectivity index (χ1) is 3.39. The van der Waals surface area contributed by atoms with E-state index in [1.807, 2.05) is 0 Å². The van der Waals surface area contributed by atoms with E-state index in [0.29, 0.717) is 5.78 Å². The molecule has 1 saturated carbocycles. The molecule has 8 heavy (non-hydrogen) atoms. The first kappa shape index (κ1) is 8.44. The van der Waals surface area contributed by atoms with Gasteiger partial charge in [-0.2, -0.15) is 0 Å². The van der Waals surface area contributed by atoms with E-state index in [9.17, 15) is 4.79 Å². The summed E-state index contributed by atoms with van der Waals surface area (Å²) in [6, 6.07) is 0. The Bertz CT molecular complexity index is 72.6. The minimum absolute atomic E-state index is 0. The normalized spacial score (nSPS) is 19.8. The average Bonchev–Trinajstić information content (AvgIpc) is 1.69. The number of carbonyl (C=O) groups is 1. The summed E-state index contributed by atoms with van der Waals surface area (Å²) < 4.78 is 0. The molecule has 0 amide bonds. The number of hydrogen-bond acceptors (Lipinski definition) is 1. The molecule has 1 fully saturated rings. The maximum atomic E-state index is 10.5. The van der Waals surface area contributed by atoms with Crippen LogP contribution in [0.1, 0.15) is 32.1 Å². The van der Waals surface area contributed by atoms with Gasteiger partial charge in [-0.1, -0.05) is 6.42 Å². The molecule has 0 spiro atoms. The fourth-order valence-corrected chi connectivity index (χ4v) is 0.946. The Balaban J connectivity index is 0.000000490. The Hall–Kier alpha value is 0.436. The number of rotatable bonds is 0. The molecule has 2 radical (unpaired) electrons. The third-order valence-corrected chi connectivity index (χ3v) is 1.41. The Kier molecular flexibility index (Phi) is 4.56. The van der Waals surface area contributed by atoms with Crippen LogP contribution in [0.3, 0.4) is 0 Å². The summed E-state index contributed by atoms with van der Waals surface area (Å²) in [7, 11) is 0. The van der Waals surface area contributed by atoms with E-state index in [2.05, 4.69) is 0 Å². The fourth-order valence-electron chi connectivity index (χ4n) is 0.946. The molecule has 0 N–H and O–H groups in total. The lowest BCUT2D eigenvalue weighted by molar-refractivity contribution is -0.120. The van der Waals surface area contributed by atoms with Gasteiger partial charge in [0.25, 0.3) is 0 Å². The number of carbonyl (C=O) groups excluding carboxylic acids is 1. The van der Waals surface area contributed by atoms with Gasteiger partial charge in [-0.3, -0.25) is 4.79 Å². The fraction of sp³-hybridized carbons (Fsp3) is 0.833. The van der Waals surface area contributed by atoms with Crippen LogP contribution in [0.4, 0.5) is 0 Å². The van der Waals surface area contributed by atoms with Gasteiger partial charge in [0.1, 0.15) is 5.78 Å². The van der Waals surface area contributed by atoms with Crippen molar-refractivity contribution in [1.82, 2.24) is 0 Å². The molecule has 0 aromatic carbocycles. The molecule has 42 valence electrons. The quantitative estimate of drug-likeness (QED) is 0.441. The SMILES string of the molecule is O=C1CCCCC1.[Mg]. The summed E-state index contributed by atoms with van der Waals surface area (Å²) in [5.41, 5.74) is 0. The second kappa shape index (κ2) is 4.33. The van der Waals surface area contributed by atoms with Crippen molar-refractivity contribution >= 4 is 28.8 Å². The predicted molar refractivity (Wildman–Crippen MR) is 33.8 cm³/mol. The second-order valence-electron chi connectivity index (χ2n) is 2.10. The van der Waals surface area contributed by atoms with Crippen molar-refractivity contribution in [3.05, 3.63) is 0 Å². The van der Waals surface area contributed by atoms with Crippen LogP contribution < -0.4 is 0 Å². The lowest BCUT2D eigenvalue weighted by Crippen LogP contribution is -2.02. The smallest absolute Gasteiger partial charge is 0.132 e. The zero-order valence-corrected chi connectivity index (χ0v) is 6.57. The van der Waals surface area contributed by atoms with Gasteiger partial charge in [0.15, 0.2) is 0 Å². The highest BCUT2D eigenvalue weighted by Gasteiger charge is 2.05. The molecule has 2 heteroatoms. The molecule has 0 atom stereocenters. The van der Waals surface area contributed by atoms with E-state index in [1.165, 1.54) is 6.42 Å². The van der Waals surface area contributed by atoms with Gasteiger partial charge in [-0.05, 0) is 12.8 Å². The van der Waals surface area contributed by atoms with Gasteiger partial charge < -0.3 is 0 Å². The summed E-state index contributed by atoms with van der Waals surface area (Å²) in [6.45, 7) is 0. The van der Waals surface area contributed by atoms with Crippen LogP contribution in [0.15, 0.2) is 0 Å². The van der Waals surface area contributed by atoms with Gasteiger partial charge in [0.05, 0.1) is 0 Å². The van der Waals surface area contributed by atoms with Crippen molar-refractivity contribution in [2.24, 2.45) is 0 Å². The zero-order chi connectivity index (χ0) is 5.11. The van der Waals surface area contributed by atoms with Crippen molar-refractivity contribution in [3.63, 3.8) is 0 Å². The van der Waals surface area contributed by atoms with Crippen LogP contribution in [0.2, 0.25) is 0 Å². The Labute approximate surface area is 66.0 Å². The molecule has 0 saturated heterocycles. The van der Waals surface area contributed by atoms with Crippen molar-refractivity contribution in [2.45, 2.75) is 32.1 Å². The molecule has 1 nitrogen and oxygen atoms in total. The van der Waals surface area contributed by atoms with Gasteiger partial charge >= 0.3 is 0 Å². The second-order valence-corrected chi connectivity index (χ2v) is 2.10. The Morgan fingerprint density at radius 3 is 1.75 bits per heavy atom. The van der Waals surface area contributed by atoms with Crippen molar-refractivity contribution in [1.29, 1.82) is 0 Å².